The number of benzene rings is 2. The molecule has 0 atom stereocenters. The first kappa shape index (κ1) is 14.3. The normalized spacial score (nSPS) is 10.3. The van der Waals surface area contributed by atoms with E-state index in [2.05, 4.69) is 35.6 Å². The van der Waals surface area contributed by atoms with E-state index in [0.29, 0.717) is 12.2 Å². The highest BCUT2D eigenvalue weighted by atomic mass is 127. The number of hydrogen-bond acceptors (Lipinski definition) is 2. The van der Waals surface area contributed by atoms with Crippen molar-refractivity contribution >= 4 is 39.4 Å². The van der Waals surface area contributed by atoms with E-state index in [0.717, 1.165) is 14.9 Å². The molecule has 0 saturated heterocycles. The summed E-state index contributed by atoms with van der Waals surface area (Å²) in [4.78, 5) is 11.1. The molecule has 2 rings (SSSR count). The third-order valence-electron chi connectivity index (χ3n) is 2.80. The zero-order chi connectivity index (χ0) is 13.8. The van der Waals surface area contributed by atoms with Crippen LogP contribution >= 0.6 is 34.2 Å². The number of rotatable bonds is 4. The molecule has 0 amide bonds. The Bertz CT molecular complexity index is 611. The minimum absolute atomic E-state index is 0.455. The van der Waals surface area contributed by atoms with E-state index in [1.54, 1.807) is 18.2 Å². The van der Waals surface area contributed by atoms with E-state index in [9.17, 15) is 4.79 Å². The van der Waals surface area contributed by atoms with Crippen molar-refractivity contribution in [3.05, 3.63) is 62.7 Å². The Labute approximate surface area is 130 Å². The maximum Gasteiger partial charge on any atom is 0.252 e. The molecule has 0 spiro atoms. The van der Waals surface area contributed by atoms with E-state index in [1.165, 1.54) is 5.56 Å². The van der Waals surface area contributed by atoms with Crippen molar-refractivity contribution in [1.82, 2.24) is 0 Å². The van der Waals surface area contributed by atoms with Crippen molar-refractivity contribution in [2.75, 3.05) is 0 Å². The average molecular weight is 387 g/mol. The summed E-state index contributed by atoms with van der Waals surface area (Å²) in [5.41, 5.74) is 2.83. The lowest BCUT2D eigenvalue weighted by Gasteiger charge is -2.10. The van der Waals surface area contributed by atoms with Gasteiger partial charge in [-0.1, -0.05) is 24.3 Å². The first-order valence-corrected chi connectivity index (χ1v) is 7.20. The molecule has 4 heteroatoms. The summed E-state index contributed by atoms with van der Waals surface area (Å²) >= 11 is 7.57. The standard InChI is InChI=1S/C15H12ClIO2/c1-10-4-2-3-5-12(10)9-19-14-7-6-11(15(16)18)8-13(14)17/h2-8H,9H2,1H3. The van der Waals surface area contributed by atoms with Gasteiger partial charge in [0.15, 0.2) is 0 Å². The Morgan fingerprint density at radius 1 is 1.26 bits per heavy atom. The van der Waals surface area contributed by atoms with E-state index >= 15 is 0 Å². The van der Waals surface area contributed by atoms with Gasteiger partial charge in [0.25, 0.3) is 5.24 Å². The van der Waals surface area contributed by atoms with Gasteiger partial charge in [-0.15, -0.1) is 0 Å². The zero-order valence-corrected chi connectivity index (χ0v) is 13.2. The van der Waals surface area contributed by atoms with E-state index in [1.807, 2.05) is 18.2 Å². The van der Waals surface area contributed by atoms with Gasteiger partial charge < -0.3 is 4.74 Å². The van der Waals surface area contributed by atoms with Crippen molar-refractivity contribution in [2.45, 2.75) is 13.5 Å². The Morgan fingerprint density at radius 3 is 2.63 bits per heavy atom. The predicted molar refractivity (Wildman–Crippen MR) is 84.9 cm³/mol. The molecule has 0 fully saturated rings. The highest BCUT2D eigenvalue weighted by Crippen LogP contribution is 2.24. The molecule has 0 aliphatic rings. The maximum absolute atomic E-state index is 11.1. The Kier molecular flexibility index (Phi) is 4.82. The number of ether oxygens (including phenoxy) is 1. The fourth-order valence-corrected chi connectivity index (χ4v) is 2.46. The van der Waals surface area contributed by atoms with Gasteiger partial charge in [0.1, 0.15) is 12.4 Å². The Morgan fingerprint density at radius 2 is 2.00 bits per heavy atom. The van der Waals surface area contributed by atoms with E-state index in [-0.39, 0.29) is 0 Å². The van der Waals surface area contributed by atoms with Gasteiger partial charge in [0.2, 0.25) is 0 Å². The van der Waals surface area contributed by atoms with Crippen LogP contribution in [-0.4, -0.2) is 5.24 Å². The van der Waals surface area contributed by atoms with Crippen LogP contribution < -0.4 is 4.74 Å². The summed E-state index contributed by atoms with van der Waals surface area (Å²) in [6, 6.07) is 13.3. The highest BCUT2D eigenvalue weighted by Gasteiger charge is 2.07. The molecule has 98 valence electrons. The topological polar surface area (TPSA) is 26.3 Å². The lowest BCUT2D eigenvalue weighted by molar-refractivity contribution is 0.108. The average Bonchev–Trinajstić information content (AvgIpc) is 2.39. The molecular formula is C15H12ClIO2. The summed E-state index contributed by atoms with van der Waals surface area (Å²) in [5.74, 6) is 0.755. The third kappa shape index (κ3) is 3.70. The molecule has 0 aromatic heterocycles. The van der Waals surface area contributed by atoms with Crippen molar-refractivity contribution in [1.29, 1.82) is 0 Å². The molecule has 0 saturated carbocycles. The molecule has 0 radical (unpaired) electrons. The summed E-state index contributed by atoms with van der Waals surface area (Å²) in [6.07, 6.45) is 0. The summed E-state index contributed by atoms with van der Waals surface area (Å²) in [7, 11) is 0. The quantitative estimate of drug-likeness (QED) is 0.569. The Balaban J connectivity index is 2.12. The first-order valence-electron chi connectivity index (χ1n) is 5.74. The van der Waals surface area contributed by atoms with Gasteiger partial charge in [-0.2, -0.15) is 0 Å². The van der Waals surface area contributed by atoms with Gasteiger partial charge in [-0.05, 0) is 70.4 Å². The maximum atomic E-state index is 11.1. The molecule has 0 N–H and O–H groups in total. The molecule has 2 nitrogen and oxygen atoms in total. The van der Waals surface area contributed by atoms with Crippen LogP contribution in [0.4, 0.5) is 0 Å². The van der Waals surface area contributed by atoms with Gasteiger partial charge >= 0.3 is 0 Å². The van der Waals surface area contributed by atoms with Gasteiger partial charge in [0, 0.05) is 5.56 Å². The number of aryl methyl sites for hydroxylation is 1. The lowest BCUT2D eigenvalue weighted by atomic mass is 10.1. The largest absolute Gasteiger partial charge is 0.488 e. The minimum atomic E-state index is -0.455. The van der Waals surface area contributed by atoms with Crippen LogP contribution in [0.2, 0.25) is 0 Å². The van der Waals surface area contributed by atoms with E-state index in [4.69, 9.17) is 16.3 Å². The van der Waals surface area contributed by atoms with Crippen LogP contribution in [0.25, 0.3) is 0 Å². The molecule has 0 aliphatic heterocycles. The molecule has 0 aliphatic carbocycles. The van der Waals surface area contributed by atoms with Crippen LogP contribution in [0.5, 0.6) is 5.75 Å². The number of halogens is 2. The second-order valence-electron chi connectivity index (χ2n) is 4.13. The first-order chi connectivity index (χ1) is 9.08. The monoisotopic (exact) mass is 386 g/mol. The van der Waals surface area contributed by atoms with Gasteiger partial charge in [-0.3, -0.25) is 4.79 Å². The smallest absolute Gasteiger partial charge is 0.252 e. The van der Waals surface area contributed by atoms with Crippen molar-refractivity contribution < 1.29 is 9.53 Å². The lowest BCUT2D eigenvalue weighted by Crippen LogP contribution is -2.00. The van der Waals surface area contributed by atoms with Gasteiger partial charge in [-0.25, -0.2) is 0 Å². The van der Waals surface area contributed by atoms with Crippen LogP contribution in [0.3, 0.4) is 0 Å². The molecule has 2 aromatic carbocycles. The Hall–Kier alpha value is -1.07. The molecule has 0 bridgehead atoms. The van der Waals surface area contributed by atoms with E-state index < -0.39 is 5.24 Å². The second-order valence-corrected chi connectivity index (χ2v) is 5.64. The number of carbonyl (C=O) groups excluding carboxylic acids is 1. The van der Waals surface area contributed by atoms with Crippen LogP contribution in [-0.2, 0) is 6.61 Å². The van der Waals surface area contributed by atoms with Gasteiger partial charge in [0.05, 0.1) is 3.57 Å². The summed E-state index contributed by atoms with van der Waals surface area (Å²) in [5, 5.41) is -0.455. The molecule has 0 unspecified atom stereocenters. The van der Waals surface area contributed by atoms with Crippen molar-refractivity contribution in [2.24, 2.45) is 0 Å². The highest BCUT2D eigenvalue weighted by molar-refractivity contribution is 14.1. The van der Waals surface area contributed by atoms with Crippen LogP contribution in [0.15, 0.2) is 42.5 Å². The fourth-order valence-electron chi connectivity index (χ4n) is 1.67. The molecular weight excluding hydrogens is 375 g/mol. The second kappa shape index (κ2) is 6.39. The predicted octanol–water partition coefficient (Wildman–Crippen LogP) is 4.56. The van der Waals surface area contributed by atoms with Crippen molar-refractivity contribution in [3.63, 3.8) is 0 Å². The van der Waals surface area contributed by atoms with Crippen LogP contribution in [0, 0.1) is 10.5 Å². The number of hydrogen-bond donors (Lipinski definition) is 0. The molecule has 19 heavy (non-hydrogen) atoms. The minimum Gasteiger partial charge on any atom is -0.488 e. The zero-order valence-electron chi connectivity index (χ0n) is 10.3. The van der Waals surface area contributed by atoms with Crippen LogP contribution in [0.1, 0.15) is 21.5 Å². The molecule has 2 aromatic rings. The fraction of sp³-hybridized carbons (Fsp3) is 0.133. The van der Waals surface area contributed by atoms with Crippen molar-refractivity contribution in [3.8, 4) is 5.75 Å². The number of carbonyl (C=O) groups is 1. The SMILES string of the molecule is Cc1ccccc1COc1ccc(C(=O)Cl)cc1I. The molecule has 0 heterocycles. The third-order valence-corrected chi connectivity index (χ3v) is 3.86. The summed E-state index contributed by atoms with van der Waals surface area (Å²) in [6.45, 7) is 2.57. The summed E-state index contributed by atoms with van der Waals surface area (Å²) < 4.78 is 6.65.